The molecule has 1 atom stereocenters. The molecule has 2 heterocycles. The van der Waals surface area contributed by atoms with Crippen molar-refractivity contribution in [3.8, 4) is 0 Å². The van der Waals surface area contributed by atoms with Crippen LogP contribution in [0.3, 0.4) is 0 Å². The Bertz CT molecular complexity index is 412. The number of anilines is 1. The van der Waals surface area contributed by atoms with Gasteiger partial charge in [-0.05, 0) is 42.6 Å². The first-order chi connectivity index (χ1) is 8.84. The van der Waals surface area contributed by atoms with E-state index in [0.29, 0.717) is 5.92 Å². The van der Waals surface area contributed by atoms with E-state index < -0.39 is 0 Å². The smallest absolute Gasteiger partial charge is 0.0642 e. The van der Waals surface area contributed by atoms with E-state index in [1.807, 2.05) is 0 Å². The van der Waals surface area contributed by atoms with Gasteiger partial charge in [0.15, 0.2) is 0 Å². The normalized spacial score (nSPS) is 24.5. The van der Waals surface area contributed by atoms with Gasteiger partial charge in [-0.2, -0.15) is 0 Å². The molecule has 1 unspecified atom stereocenters. The molecule has 0 aliphatic carbocycles. The largest absolute Gasteiger partial charge is 0.378 e. The van der Waals surface area contributed by atoms with Crippen molar-refractivity contribution >= 4 is 21.6 Å². The average Bonchev–Trinajstić information content (AvgIpc) is 2.93. The Balaban J connectivity index is 1.91. The van der Waals surface area contributed by atoms with Crippen molar-refractivity contribution < 1.29 is 4.74 Å². The van der Waals surface area contributed by atoms with E-state index in [9.17, 15) is 0 Å². The molecule has 1 aromatic carbocycles. The zero-order chi connectivity index (χ0) is 12.4. The second-order valence-corrected chi connectivity index (χ2v) is 5.91. The summed E-state index contributed by atoms with van der Waals surface area (Å²) in [6.45, 7) is 5.95. The van der Waals surface area contributed by atoms with Crippen LogP contribution in [0.1, 0.15) is 17.9 Å². The van der Waals surface area contributed by atoms with Crippen LogP contribution in [-0.4, -0.2) is 39.4 Å². The molecule has 0 spiro atoms. The molecule has 1 N–H and O–H groups in total. The predicted octanol–water partition coefficient (Wildman–Crippen LogP) is 2.36. The summed E-state index contributed by atoms with van der Waals surface area (Å²) < 4.78 is 6.63. The van der Waals surface area contributed by atoms with Crippen LogP contribution in [0.2, 0.25) is 0 Å². The number of rotatable bonds is 2. The molecular formula is C14H19BrN2O. The van der Waals surface area contributed by atoms with Crippen molar-refractivity contribution in [2.24, 2.45) is 0 Å². The fourth-order valence-corrected chi connectivity index (χ4v) is 3.24. The van der Waals surface area contributed by atoms with E-state index in [-0.39, 0.29) is 0 Å². The van der Waals surface area contributed by atoms with Crippen LogP contribution < -0.4 is 10.2 Å². The van der Waals surface area contributed by atoms with E-state index in [4.69, 9.17) is 4.74 Å². The summed E-state index contributed by atoms with van der Waals surface area (Å²) in [7, 11) is 0. The van der Waals surface area contributed by atoms with Crippen molar-refractivity contribution in [1.82, 2.24) is 5.32 Å². The Kier molecular flexibility index (Phi) is 3.87. The lowest BCUT2D eigenvalue weighted by molar-refractivity contribution is 0.122. The van der Waals surface area contributed by atoms with Crippen molar-refractivity contribution in [3.63, 3.8) is 0 Å². The second-order valence-electron chi connectivity index (χ2n) is 4.99. The van der Waals surface area contributed by atoms with Crippen LogP contribution in [0, 0.1) is 0 Å². The van der Waals surface area contributed by atoms with Crippen molar-refractivity contribution in [2.45, 2.75) is 12.3 Å². The van der Waals surface area contributed by atoms with Crippen molar-refractivity contribution in [1.29, 1.82) is 0 Å². The molecule has 0 saturated carbocycles. The Morgan fingerprint density at radius 3 is 2.83 bits per heavy atom. The molecule has 3 rings (SSSR count). The molecule has 3 nitrogen and oxygen atoms in total. The molecule has 2 saturated heterocycles. The van der Waals surface area contributed by atoms with E-state index in [1.165, 1.54) is 22.1 Å². The molecule has 2 aliphatic heterocycles. The van der Waals surface area contributed by atoms with Crippen LogP contribution in [-0.2, 0) is 4.74 Å². The van der Waals surface area contributed by atoms with Gasteiger partial charge in [-0.3, -0.25) is 0 Å². The summed E-state index contributed by atoms with van der Waals surface area (Å²) >= 11 is 3.60. The van der Waals surface area contributed by atoms with Crippen LogP contribution in [0.15, 0.2) is 22.7 Å². The third kappa shape index (κ3) is 2.56. The van der Waals surface area contributed by atoms with E-state index >= 15 is 0 Å². The molecule has 0 amide bonds. The lowest BCUT2D eigenvalue weighted by Crippen LogP contribution is -2.37. The van der Waals surface area contributed by atoms with Gasteiger partial charge in [0.05, 0.1) is 13.2 Å². The highest BCUT2D eigenvalue weighted by Crippen LogP contribution is 2.34. The number of nitrogens with one attached hydrogen (secondary N) is 1. The molecule has 2 fully saturated rings. The summed E-state index contributed by atoms with van der Waals surface area (Å²) in [5.74, 6) is 0.653. The number of benzene rings is 1. The molecule has 0 radical (unpaired) electrons. The highest BCUT2D eigenvalue weighted by molar-refractivity contribution is 9.10. The molecule has 18 heavy (non-hydrogen) atoms. The monoisotopic (exact) mass is 310 g/mol. The minimum atomic E-state index is 0.653. The Morgan fingerprint density at radius 1 is 1.28 bits per heavy atom. The predicted molar refractivity (Wildman–Crippen MR) is 77.4 cm³/mol. The van der Waals surface area contributed by atoms with E-state index in [1.54, 1.807) is 0 Å². The summed E-state index contributed by atoms with van der Waals surface area (Å²) in [6, 6.07) is 6.70. The minimum Gasteiger partial charge on any atom is -0.378 e. The van der Waals surface area contributed by atoms with Gasteiger partial charge in [0, 0.05) is 29.8 Å². The standard InChI is InChI=1S/C14H19BrN2O/c15-12-1-2-14(17-5-7-18-8-6-17)13(9-12)11-3-4-16-10-11/h1-2,9,11,16H,3-8,10H2. The van der Waals surface area contributed by atoms with Crippen molar-refractivity contribution in [2.75, 3.05) is 44.3 Å². The first kappa shape index (κ1) is 12.5. The molecule has 4 heteroatoms. The third-order valence-electron chi connectivity index (χ3n) is 3.84. The fourth-order valence-electron chi connectivity index (χ4n) is 2.86. The van der Waals surface area contributed by atoms with Gasteiger partial charge in [0.2, 0.25) is 0 Å². The molecule has 0 bridgehead atoms. The van der Waals surface area contributed by atoms with Crippen LogP contribution in [0.5, 0.6) is 0 Å². The maximum Gasteiger partial charge on any atom is 0.0642 e. The quantitative estimate of drug-likeness (QED) is 0.907. The Hall–Kier alpha value is -0.580. The first-order valence-electron chi connectivity index (χ1n) is 6.67. The molecule has 2 aliphatic rings. The highest BCUT2D eigenvalue weighted by Gasteiger charge is 2.23. The van der Waals surface area contributed by atoms with Gasteiger partial charge in [-0.1, -0.05) is 15.9 Å². The molecule has 1 aromatic rings. The first-order valence-corrected chi connectivity index (χ1v) is 7.47. The summed E-state index contributed by atoms with van der Waals surface area (Å²) in [4.78, 5) is 2.46. The van der Waals surface area contributed by atoms with Crippen LogP contribution in [0.4, 0.5) is 5.69 Å². The minimum absolute atomic E-state index is 0.653. The Labute approximate surface area is 117 Å². The van der Waals surface area contributed by atoms with Gasteiger partial charge in [-0.25, -0.2) is 0 Å². The Morgan fingerprint density at radius 2 is 2.11 bits per heavy atom. The molecular weight excluding hydrogens is 292 g/mol. The van der Waals surface area contributed by atoms with Gasteiger partial charge < -0.3 is 15.0 Å². The third-order valence-corrected chi connectivity index (χ3v) is 4.33. The number of ether oxygens (including phenoxy) is 1. The van der Waals surface area contributed by atoms with Crippen LogP contribution in [0.25, 0.3) is 0 Å². The van der Waals surface area contributed by atoms with Gasteiger partial charge in [-0.15, -0.1) is 0 Å². The lowest BCUT2D eigenvalue weighted by atomic mass is 9.96. The van der Waals surface area contributed by atoms with Crippen molar-refractivity contribution in [3.05, 3.63) is 28.2 Å². The van der Waals surface area contributed by atoms with Gasteiger partial charge in [0.1, 0.15) is 0 Å². The number of nitrogens with zero attached hydrogens (tertiary/aromatic N) is 1. The maximum absolute atomic E-state index is 5.45. The van der Waals surface area contributed by atoms with Gasteiger partial charge in [0.25, 0.3) is 0 Å². The summed E-state index contributed by atoms with van der Waals surface area (Å²) in [6.07, 6.45) is 1.24. The lowest BCUT2D eigenvalue weighted by Gasteiger charge is -2.32. The fraction of sp³-hybridized carbons (Fsp3) is 0.571. The van der Waals surface area contributed by atoms with Crippen LogP contribution >= 0.6 is 15.9 Å². The molecule has 0 aromatic heterocycles. The summed E-state index contributed by atoms with van der Waals surface area (Å²) in [5.41, 5.74) is 2.88. The zero-order valence-electron chi connectivity index (χ0n) is 10.5. The number of morpholine rings is 1. The van der Waals surface area contributed by atoms with E-state index in [0.717, 1.165) is 39.4 Å². The number of halogens is 1. The maximum atomic E-state index is 5.45. The zero-order valence-corrected chi connectivity index (χ0v) is 12.1. The molecule has 98 valence electrons. The summed E-state index contributed by atoms with van der Waals surface area (Å²) in [5, 5.41) is 3.46. The average molecular weight is 311 g/mol. The highest BCUT2D eigenvalue weighted by atomic mass is 79.9. The topological polar surface area (TPSA) is 24.5 Å². The van der Waals surface area contributed by atoms with Gasteiger partial charge >= 0.3 is 0 Å². The second kappa shape index (κ2) is 5.59. The van der Waals surface area contributed by atoms with E-state index in [2.05, 4.69) is 44.3 Å². The number of hydrogen-bond donors (Lipinski definition) is 1. The number of hydrogen-bond acceptors (Lipinski definition) is 3. The SMILES string of the molecule is Brc1ccc(N2CCOCC2)c(C2CCNC2)c1.